The number of ketones is 1. The molecule has 3 rings (SSSR count). The number of halogens is 2. The number of carbonyl (C=O) groups is 7. The van der Waals surface area contributed by atoms with Gasteiger partial charge in [0.15, 0.2) is 0 Å². The predicted octanol–water partition coefficient (Wildman–Crippen LogP) is 0.833. The van der Waals surface area contributed by atoms with Crippen molar-refractivity contribution >= 4 is 41.7 Å². The van der Waals surface area contributed by atoms with Crippen molar-refractivity contribution in [3.63, 3.8) is 0 Å². The number of Topliss-reactive ketones (excluding diaryl/α,β-unsaturated/α-hetero) is 1. The number of carbonyl (C=O) groups excluding carboxylic acids is 7. The number of likely N-dealkylation sites (tertiary alicyclic amines) is 1. The Labute approximate surface area is 272 Å². The zero-order valence-corrected chi connectivity index (χ0v) is 26.7. The maximum absolute atomic E-state index is 13.5. The SMILES string of the molecule is CN(C)C(=O)C(NC(=O)CNC(=O)C(=O)C(CCC(F)F)NC(=O)C1CCCN1C(=O)C(NC=O)C1CCCCC1)c1ccccc1. The second-order valence-electron chi connectivity index (χ2n) is 12.1. The molecule has 2 fully saturated rings. The highest BCUT2D eigenvalue weighted by molar-refractivity contribution is 6.38. The molecule has 15 heteroatoms. The van der Waals surface area contributed by atoms with Crippen LogP contribution in [0, 0.1) is 5.92 Å². The number of benzene rings is 1. The number of nitrogens with zero attached hydrogens (tertiary/aromatic N) is 2. The second-order valence-corrected chi connectivity index (χ2v) is 12.1. The molecule has 13 nitrogen and oxygen atoms in total. The molecule has 6 amide bonds. The maximum Gasteiger partial charge on any atom is 0.290 e. The van der Waals surface area contributed by atoms with Gasteiger partial charge in [-0.1, -0.05) is 49.6 Å². The lowest BCUT2D eigenvalue weighted by atomic mass is 9.83. The normalized spacial score (nSPS) is 18.4. The number of amides is 6. The van der Waals surface area contributed by atoms with Crippen molar-refractivity contribution in [3.8, 4) is 0 Å². The van der Waals surface area contributed by atoms with Gasteiger partial charge in [-0.05, 0) is 43.6 Å². The molecule has 0 bridgehead atoms. The van der Waals surface area contributed by atoms with Crippen LogP contribution in [-0.4, -0.2) is 103 Å². The zero-order valence-electron chi connectivity index (χ0n) is 26.7. The quantitative estimate of drug-likeness (QED) is 0.150. The van der Waals surface area contributed by atoms with E-state index in [9.17, 15) is 42.3 Å². The second kappa shape index (κ2) is 18.0. The van der Waals surface area contributed by atoms with Crippen LogP contribution in [-0.2, 0) is 33.6 Å². The van der Waals surface area contributed by atoms with Gasteiger partial charge in [-0.2, -0.15) is 0 Å². The van der Waals surface area contributed by atoms with Crippen molar-refractivity contribution in [2.75, 3.05) is 27.2 Å². The van der Waals surface area contributed by atoms with Crippen molar-refractivity contribution < 1.29 is 42.3 Å². The lowest BCUT2D eigenvalue weighted by Gasteiger charge is -2.34. The Kier molecular flexibility index (Phi) is 14.2. The van der Waals surface area contributed by atoms with Crippen LogP contribution < -0.4 is 21.3 Å². The molecule has 1 aliphatic carbocycles. The van der Waals surface area contributed by atoms with Crippen LogP contribution in [0.3, 0.4) is 0 Å². The third kappa shape index (κ3) is 10.5. The van der Waals surface area contributed by atoms with E-state index in [1.54, 1.807) is 30.3 Å². The lowest BCUT2D eigenvalue weighted by Crippen LogP contribution is -2.57. The molecule has 1 heterocycles. The number of hydrogen-bond acceptors (Lipinski definition) is 7. The number of nitrogens with one attached hydrogen (secondary N) is 4. The monoisotopic (exact) mass is 662 g/mol. The van der Waals surface area contributed by atoms with Crippen LogP contribution in [0.15, 0.2) is 30.3 Å². The average molecular weight is 663 g/mol. The number of likely N-dealkylation sites (N-methyl/N-ethyl adjacent to an activating group) is 1. The van der Waals surface area contributed by atoms with Crippen molar-refractivity contribution in [2.24, 2.45) is 5.92 Å². The molecular formula is C32H44F2N6O7. The minimum absolute atomic E-state index is 0.0870. The Morgan fingerprint density at radius 2 is 1.62 bits per heavy atom. The van der Waals surface area contributed by atoms with Gasteiger partial charge in [0.25, 0.3) is 5.91 Å². The summed E-state index contributed by atoms with van der Waals surface area (Å²) in [4.78, 5) is 92.1. The van der Waals surface area contributed by atoms with Crippen molar-refractivity contribution in [1.29, 1.82) is 0 Å². The van der Waals surface area contributed by atoms with Crippen LogP contribution in [0.5, 0.6) is 0 Å². The molecule has 4 N–H and O–H groups in total. The Hall–Kier alpha value is -4.43. The predicted molar refractivity (Wildman–Crippen MR) is 166 cm³/mol. The smallest absolute Gasteiger partial charge is 0.290 e. The van der Waals surface area contributed by atoms with Gasteiger partial charge in [-0.3, -0.25) is 33.6 Å². The third-order valence-corrected chi connectivity index (χ3v) is 8.54. The summed E-state index contributed by atoms with van der Waals surface area (Å²) in [5.74, 6) is -5.06. The highest BCUT2D eigenvalue weighted by Crippen LogP contribution is 2.29. The van der Waals surface area contributed by atoms with Gasteiger partial charge in [0.1, 0.15) is 18.1 Å². The minimum Gasteiger partial charge on any atom is -0.347 e. The Balaban J connectivity index is 1.66. The average Bonchev–Trinajstić information content (AvgIpc) is 3.57. The highest BCUT2D eigenvalue weighted by atomic mass is 19.3. The number of rotatable bonds is 16. The zero-order chi connectivity index (χ0) is 34.5. The first-order valence-electron chi connectivity index (χ1n) is 15.9. The molecule has 258 valence electrons. The Morgan fingerprint density at radius 3 is 2.23 bits per heavy atom. The van der Waals surface area contributed by atoms with Gasteiger partial charge in [0, 0.05) is 27.1 Å². The van der Waals surface area contributed by atoms with Gasteiger partial charge in [0.2, 0.25) is 42.2 Å². The molecule has 0 spiro atoms. The summed E-state index contributed by atoms with van der Waals surface area (Å²) in [6.07, 6.45) is 1.35. The van der Waals surface area contributed by atoms with Crippen LogP contribution in [0.1, 0.15) is 69.4 Å². The molecule has 1 saturated heterocycles. The first kappa shape index (κ1) is 37.0. The van der Waals surface area contributed by atoms with Crippen LogP contribution in [0.25, 0.3) is 0 Å². The summed E-state index contributed by atoms with van der Waals surface area (Å²) >= 11 is 0. The minimum atomic E-state index is -2.82. The van der Waals surface area contributed by atoms with E-state index in [-0.39, 0.29) is 18.9 Å². The molecule has 47 heavy (non-hydrogen) atoms. The molecule has 2 aliphatic rings. The van der Waals surface area contributed by atoms with Crippen LogP contribution in [0.4, 0.5) is 8.78 Å². The number of hydrogen-bond donors (Lipinski definition) is 4. The lowest BCUT2D eigenvalue weighted by molar-refractivity contribution is -0.144. The fourth-order valence-electron chi connectivity index (χ4n) is 6.07. The van der Waals surface area contributed by atoms with Gasteiger partial charge in [0.05, 0.1) is 12.6 Å². The van der Waals surface area contributed by atoms with Gasteiger partial charge in [-0.15, -0.1) is 0 Å². The molecule has 0 aromatic heterocycles. The van der Waals surface area contributed by atoms with Crippen LogP contribution in [0.2, 0.25) is 0 Å². The van der Waals surface area contributed by atoms with Gasteiger partial charge in [-0.25, -0.2) is 8.78 Å². The van der Waals surface area contributed by atoms with E-state index in [0.29, 0.717) is 18.4 Å². The topological polar surface area (TPSA) is 174 Å². The fourth-order valence-corrected chi connectivity index (χ4v) is 6.07. The van der Waals surface area contributed by atoms with Crippen LogP contribution >= 0.6 is 0 Å². The molecule has 1 aromatic carbocycles. The van der Waals surface area contributed by atoms with E-state index in [0.717, 1.165) is 32.1 Å². The Bertz CT molecular complexity index is 1280. The molecule has 0 radical (unpaired) electrons. The summed E-state index contributed by atoms with van der Waals surface area (Å²) < 4.78 is 26.3. The van der Waals surface area contributed by atoms with E-state index in [1.165, 1.54) is 23.9 Å². The first-order valence-corrected chi connectivity index (χ1v) is 15.9. The van der Waals surface area contributed by atoms with E-state index >= 15 is 0 Å². The largest absolute Gasteiger partial charge is 0.347 e. The molecule has 4 atom stereocenters. The molecule has 1 saturated carbocycles. The first-order chi connectivity index (χ1) is 22.4. The van der Waals surface area contributed by atoms with E-state index in [2.05, 4.69) is 21.3 Å². The van der Waals surface area contributed by atoms with Crippen molar-refractivity contribution in [3.05, 3.63) is 35.9 Å². The molecule has 1 aromatic rings. The molecular weight excluding hydrogens is 618 g/mol. The summed E-state index contributed by atoms with van der Waals surface area (Å²) in [5.41, 5.74) is 0.489. The van der Waals surface area contributed by atoms with Gasteiger partial charge >= 0.3 is 0 Å². The maximum atomic E-state index is 13.5. The number of alkyl halides is 2. The standard InChI is InChI=1S/C32H44F2N6O7/c1-39(2)31(46)27(21-12-7-4-8-13-21)38-25(42)18-35-30(45)28(43)22(15-16-24(33)34)37-29(44)23-14-9-17-40(23)32(47)26(36-19-41)20-10-5-3-6-11-20/h4,7-8,12-13,19-20,22-24,26-27H,3,5-6,9-11,14-18H2,1-2H3,(H,35,45)(H,36,41)(H,37,44)(H,38,42). The Morgan fingerprint density at radius 1 is 0.936 bits per heavy atom. The van der Waals surface area contributed by atoms with Crippen molar-refractivity contribution in [1.82, 2.24) is 31.1 Å². The summed E-state index contributed by atoms with van der Waals surface area (Å²) in [5, 5.41) is 9.64. The summed E-state index contributed by atoms with van der Waals surface area (Å²) in [6, 6.07) is 3.82. The fraction of sp³-hybridized carbons (Fsp3) is 0.594. The highest BCUT2D eigenvalue weighted by Gasteiger charge is 2.41. The van der Waals surface area contributed by atoms with E-state index in [4.69, 9.17) is 0 Å². The van der Waals surface area contributed by atoms with Gasteiger partial charge < -0.3 is 31.1 Å². The summed E-state index contributed by atoms with van der Waals surface area (Å²) in [6.45, 7) is -0.479. The van der Waals surface area contributed by atoms with E-state index in [1.807, 2.05) is 0 Å². The van der Waals surface area contributed by atoms with E-state index < -0.39 is 85.3 Å². The third-order valence-electron chi connectivity index (χ3n) is 8.54. The van der Waals surface area contributed by atoms with Crippen molar-refractivity contribution in [2.45, 2.75) is 88.4 Å². The molecule has 4 unspecified atom stereocenters. The summed E-state index contributed by atoms with van der Waals surface area (Å²) in [7, 11) is 3.02. The molecule has 1 aliphatic heterocycles.